The van der Waals surface area contributed by atoms with Crippen molar-refractivity contribution in [1.82, 2.24) is 24.7 Å². The zero-order valence-corrected chi connectivity index (χ0v) is 19.0. The molecular weight excluding hydrogens is 500 g/mol. The summed E-state index contributed by atoms with van der Waals surface area (Å²) in [4.78, 5) is 15.1. The molecule has 0 fully saturated rings. The summed E-state index contributed by atoms with van der Waals surface area (Å²) in [5, 5.41) is 0. The van der Waals surface area contributed by atoms with Crippen LogP contribution in [0, 0.1) is 6.92 Å². The molecule has 2 N–H and O–H groups in total. The average molecular weight is 533 g/mol. The maximum absolute atomic E-state index is 12.8. The Balaban J connectivity index is 2.21. The molecular formula is C20H23BrN6O4S. The van der Waals surface area contributed by atoms with Gasteiger partial charge in [0.1, 0.15) is 19.4 Å². The Morgan fingerprint density at radius 1 is 1.09 bits per heavy atom. The van der Waals surface area contributed by atoms with Gasteiger partial charge in [0.15, 0.2) is 5.82 Å². The molecule has 10 nitrogen and oxygen atoms in total. The van der Waals surface area contributed by atoms with E-state index in [1.165, 1.54) is 19.3 Å². The molecule has 0 saturated carbocycles. The molecule has 0 saturated heterocycles. The van der Waals surface area contributed by atoms with E-state index in [4.69, 9.17) is 23.2 Å². The van der Waals surface area contributed by atoms with Crippen LogP contribution in [0.2, 0.25) is 0 Å². The summed E-state index contributed by atoms with van der Waals surface area (Å²) >= 11 is 2.95. The van der Waals surface area contributed by atoms with Crippen LogP contribution in [0.3, 0.4) is 0 Å². The smallest absolute Gasteiger partial charge is 0.316 e. The number of nitrogens with zero attached hydrogens (tertiary/aromatic N) is 4. The normalized spacial score (nSPS) is 17.1. The predicted octanol–water partition coefficient (Wildman–Crippen LogP) is 3.12. The molecule has 0 aliphatic heterocycles. The maximum atomic E-state index is 12.8. The van der Waals surface area contributed by atoms with E-state index in [9.17, 15) is 8.42 Å². The van der Waals surface area contributed by atoms with Gasteiger partial charge < -0.3 is 9.47 Å². The summed E-state index contributed by atoms with van der Waals surface area (Å²) in [6, 6.07) is -3.24. The van der Waals surface area contributed by atoms with Crippen LogP contribution in [0.5, 0.6) is 11.9 Å². The second-order valence-corrected chi connectivity index (χ2v) is 7.99. The lowest BCUT2D eigenvalue weighted by atomic mass is 10.1. The van der Waals surface area contributed by atoms with Crippen molar-refractivity contribution in [2.45, 2.75) is 20.3 Å². The number of anilines is 1. The highest BCUT2D eigenvalue weighted by molar-refractivity contribution is 9.10. The summed E-state index contributed by atoms with van der Waals surface area (Å²) in [5.41, 5.74) is -0.742. The Hall–Kier alpha value is -2.83. The number of ether oxygens (including phenoxy) is 2. The molecule has 0 unspecified atom stereocenters. The van der Waals surface area contributed by atoms with Gasteiger partial charge in [-0.15, -0.1) is 0 Å². The number of halogens is 1. The highest BCUT2D eigenvalue weighted by atomic mass is 79.9. The summed E-state index contributed by atoms with van der Waals surface area (Å²) in [5.74, 6) is -1.67. The van der Waals surface area contributed by atoms with Gasteiger partial charge in [-0.05, 0) is 36.6 Å². The van der Waals surface area contributed by atoms with Crippen LogP contribution in [0.25, 0.3) is 11.1 Å². The molecule has 0 atom stereocenters. The van der Waals surface area contributed by atoms with Crippen molar-refractivity contribution in [2.75, 3.05) is 24.3 Å². The van der Waals surface area contributed by atoms with Gasteiger partial charge in [-0.3, -0.25) is 4.72 Å². The fourth-order valence-electron chi connectivity index (χ4n) is 2.06. The number of aromatic nitrogens is 4. The number of hydrogen-bond donors (Lipinski definition) is 2. The zero-order valence-electron chi connectivity index (χ0n) is 26.6. The topological polar surface area (TPSA) is 128 Å². The number of nitrogens with one attached hydrogen (secondary N) is 2. The van der Waals surface area contributed by atoms with Crippen molar-refractivity contribution in [3.05, 3.63) is 52.9 Å². The minimum atomic E-state index is -4.78. The summed E-state index contributed by atoms with van der Waals surface area (Å²) < 4.78 is 121. The van der Waals surface area contributed by atoms with Crippen molar-refractivity contribution in [3.63, 3.8) is 0 Å². The van der Waals surface area contributed by atoms with Crippen LogP contribution in [0.15, 0.2) is 47.4 Å². The molecule has 0 bridgehead atoms. The van der Waals surface area contributed by atoms with Gasteiger partial charge in [0, 0.05) is 26.1 Å². The van der Waals surface area contributed by atoms with Gasteiger partial charge in [0.05, 0.1) is 16.5 Å². The molecule has 2 heterocycles. The van der Waals surface area contributed by atoms with E-state index >= 15 is 0 Å². The molecule has 3 rings (SSSR count). The quantitative estimate of drug-likeness (QED) is 0.385. The molecule has 0 spiro atoms. The Morgan fingerprint density at radius 3 is 2.47 bits per heavy atom. The molecule has 32 heavy (non-hydrogen) atoms. The highest BCUT2D eigenvalue weighted by Crippen LogP contribution is 2.34. The van der Waals surface area contributed by atoms with Gasteiger partial charge in [0.2, 0.25) is 5.88 Å². The standard InChI is InChI=1S/C20H23BrN6O4S/c1-3-8-26-32(28,29)27-18-17(15-4-6-16(21)7-5-15)19(25-13-24-18)30-9-10-31-20-22-11-14(2)12-23-20/h4-7,11-13,26H,3,8-10H2,1-2H3,(H,24,25,27)/i4D,5D,6D,7D,8D2,9D2,10D2. The second kappa shape index (κ2) is 11.2. The molecule has 170 valence electrons. The van der Waals surface area contributed by atoms with E-state index in [-0.39, 0.29) is 10.9 Å². The second-order valence-electron chi connectivity index (χ2n) is 5.78. The van der Waals surface area contributed by atoms with E-state index in [1.54, 1.807) is 11.6 Å². The first kappa shape index (κ1) is 13.7. The van der Waals surface area contributed by atoms with E-state index in [1.807, 2.05) is 4.72 Å². The number of rotatable bonds is 11. The lowest BCUT2D eigenvalue weighted by Crippen LogP contribution is -2.31. The third kappa shape index (κ3) is 6.84. The van der Waals surface area contributed by atoms with Gasteiger partial charge >= 0.3 is 6.01 Å². The van der Waals surface area contributed by atoms with Gasteiger partial charge in [-0.25, -0.2) is 19.9 Å². The van der Waals surface area contributed by atoms with Crippen molar-refractivity contribution in [3.8, 4) is 23.0 Å². The molecule has 3 aromatic rings. The Bertz CT molecular complexity index is 1570. The summed E-state index contributed by atoms with van der Waals surface area (Å²) in [7, 11) is -4.78. The Kier molecular flexibility index (Phi) is 4.76. The van der Waals surface area contributed by atoms with Crippen LogP contribution >= 0.6 is 15.9 Å². The summed E-state index contributed by atoms with van der Waals surface area (Å²) in [6.45, 7) is -6.15. The monoisotopic (exact) mass is 532 g/mol. The van der Waals surface area contributed by atoms with Gasteiger partial charge in [-0.1, -0.05) is 34.9 Å². The van der Waals surface area contributed by atoms with Crippen LogP contribution < -0.4 is 18.9 Å². The third-order valence-electron chi connectivity index (χ3n) is 3.36. The fraction of sp³-hybridized carbons (Fsp3) is 0.300. The average Bonchev–Trinajstić information content (AvgIpc) is 2.88. The van der Waals surface area contributed by atoms with Crippen LogP contribution in [-0.4, -0.2) is 48.0 Å². The molecule has 0 amide bonds. The molecule has 0 aliphatic carbocycles. The number of benzene rings is 1. The number of aryl methyl sites for hydroxylation is 1. The Labute approximate surface area is 209 Å². The van der Waals surface area contributed by atoms with Crippen molar-refractivity contribution >= 4 is 32.0 Å². The molecule has 0 radical (unpaired) electrons. The lowest BCUT2D eigenvalue weighted by Gasteiger charge is -2.15. The highest BCUT2D eigenvalue weighted by Gasteiger charge is 2.19. The maximum Gasteiger partial charge on any atom is 0.316 e. The van der Waals surface area contributed by atoms with Crippen molar-refractivity contribution in [1.29, 1.82) is 0 Å². The lowest BCUT2D eigenvalue weighted by molar-refractivity contribution is 0.202. The fourth-order valence-corrected chi connectivity index (χ4v) is 3.05. The first-order chi connectivity index (χ1) is 19.2. The van der Waals surface area contributed by atoms with Crippen LogP contribution in [0.4, 0.5) is 5.82 Å². The van der Waals surface area contributed by atoms with Crippen LogP contribution in [0.1, 0.15) is 32.6 Å². The SMILES string of the molecule is [2H]c1c([2H])c(-c2c(NS(=O)(=O)NC([2H])([2H])CC)ncnc2OC([2H])([2H])C([2H])([2H])Oc2ncc(C)cn2)c([2H])c([2H])c1Br. The largest absolute Gasteiger partial charge is 0.473 e. The third-order valence-corrected chi connectivity index (χ3v) is 4.63. The summed E-state index contributed by atoms with van der Waals surface area (Å²) in [6.07, 6.45) is 3.00. The van der Waals surface area contributed by atoms with E-state index in [0.717, 1.165) is 0 Å². The first-order valence-corrected chi connectivity index (χ1v) is 11.1. The molecule has 12 heteroatoms. The molecule has 2 aromatic heterocycles. The van der Waals surface area contributed by atoms with Crippen LogP contribution in [-0.2, 0) is 10.2 Å². The van der Waals surface area contributed by atoms with E-state index < -0.39 is 82.8 Å². The molecule has 1 aromatic carbocycles. The minimum Gasteiger partial charge on any atom is -0.473 e. The van der Waals surface area contributed by atoms with Gasteiger partial charge in [0.25, 0.3) is 10.2 Å². The predicted molar refractivity (Wildman–Crippen MR) is 124 cm³/mol. The molecule has 0 aliphatic rings. The van der Waals surface area contributed by atoms with Crippen molar-refractivity contribution < 1.29 is 31.6 Å². The Morgan fingerprint density at radius 2 is 1.78 bits per heavy atom. The number of hydrogen-bond acceptors (Lipinski definition) is 8. The van der Waals surface area contributed by atoms with E-state index in [0.29, 0.717) is 11.9 Å². The zero-order chi connectivity index (χ0) is 31.8. The minimum absolute atomic E-state index is 0.237. The first-order valence-electron chi connectivity index (χ1n) is 13.8. The van der Waals surface area contributed by atoms with Gasteiger partial charge in [-0.2, -0.15) is 13.1 Å². The van der Waals surface area contributed by atoms with E-state index in [2.05, 4.69) is 35.9 Å². The van der Waals surface area contributed by atoms with Crippen molar-refractivity contribution in [2.24, 2.45) is 0 Å².